The summed E-state index contributed by atoms with van der Waals surface area (Å²) >= 11 is 0. The Morgan fingerprint density at radius 2 is 1.90 bits per heavy atom. The molecule has 172 valence electrons. The molecule has 8 unspecified atom stereocenters. The minimum atomic E-state index is -1.29. The van der Waals surface area contributed by atoms with Crippen LogP contribution in [0.4, 0.5) is 0 Å². The Bertz CT molecular complexity index is 645. The van der Waals surface area contributed by atoms with Crippen LogP contribution < -0.4 is 0 Å². The summed E-state index contributed by atoms with van der Waals surface area (Å²) in [5.74, 6) is 1.13. The lowest BCUT2D eigenvalue weighted by molar-refractivity contribution is -0.293. The van der Waals surface area contributed by atoms with E-state index in [0.29, 0.717) is 17.3 Å². The van der Waals surface area contributed by atoms with Gasteiger partial charge < -0.3 is 24.8 Å². The van der Waals surface area contributed by atoms with Gasteiger partial charge >= 0.3 is 0 Å². The average molecular weight is 423 g/mol. The van der Waals surface area contributed by atoms with Crippen LogP contribution in [0.15, 0.2) is 24.8 Å². The van der Waals surface area contributed by atoms with Gasteiger partial charge in [0.2, 0.25) is 0 Å². The number of allylic oxidation sites excluding steroid dienone is 1. The highest BCUT2D eigenvalue weighted by Crippen LogP contribution is 2.61. The fourth-order valence-electron chi connectivity index (χ4n) is 6.60. The SMILES string of the molecule is C=CC(C)(CCC1C(=C)CCC2C(C)(C)CCCC12C)OC1OCC(O)C(O)C1O. The second-order valence-corrected chi connectivity index (χ2v) is 11.1. The van der Waals surface area contributed by atoms with Gasteiger partial charge in [-0.1, -0.05) is 45.4 Å². The molecule has 2 saturated carbocycles. The summed E-state index contributed by atoms with van der Waals surface area (Å²) in [5, 5.41) is 29.9. The number of fused-ring (bicyclic) bond motifs is 1. The first-order valence-corrected chi connectivity index (χ1v) is 11.6. The van der Waals surface area contributed by atoms with Crippen LogP contribution in [0.5, 0.6) is 0 Å². The zero-order chi connectivity index (χ0) is 22.3. The van der Waals surface area contributed by atoms with Crippen molar-refractivity contribution < 1.29 is 24.8 Å². The van der Waals surface area contributed by atoms with E-state index in [2.05, 4.69) is 33.9 Å². The van der Waals surface area contributed by atoms with Gasteiger partial charge in [0.25, 0.3) is 0 Å². The van der Waals surface area contributed by atoms with Crippen LogP contribution in [0, 0.1) is 22.7 Å². The van der Waals surface area contributed by atoms with E-state index in [-0.39, 0.29) is 12.0 Å². The van der Waals surface area contributed by atoms with E-state index in [1.807, 2.05) is 6.92 Å². The fourth-order valence-corrected chi connectivity index (χ4v) is 6.60. The Labute approximate surface area is 182 Å². The largest absolute Gasteiger partial charge is 0.388 e. The lowest BCUT2D eigenvalue weighted by Crippen LogP contribution is -2.55. The van der Waals surface area contributed by atoms with Crippen molar-refractivity contribution in [3.8, 4) is 0 Å². The van der Waals surface area contributed by atoms with Crippen molar-refractivity contribution >= 4 is 0 Å². The molecule has 0 amide bonds. The molecule has 3 rings (SSSR count). The molecular weight excluding hydrogens is 380 g/mol. The zero-order valence-electron chi connectivity index (χ0n) is 19.3. The van der Waals surface area contributed by atoms with E-state index in [1.165, 1.54) is 31.3 Å². The summed E-state index contributed by atoms with van der Waals surface area (Å²) in [6.45, 7) is 17.6. The topological polar surface area (TPSA) is 79.2 Å². The van der Waals surface area contributed by atoms with Crippen molar-refractivity contribution in [1.82, 2.24) is 0 Å². The van der Waals surface area contributed by atoms with E-state index in [4.69, 9.17) is 9.47 Å². The molecular formula is C25H42O5. The van der Waals surface area contributed by atoms with Gasteiger partial charge in [0, 0.05) is 0 Å². The maximum Gasteiger partial charge on any atom is 0.187 e. The molecule has 1 aliphatic heterocycles. The minimum Gasteiger partial charge on any atom is -0.388 e. The van der Waals surface area contributed by atoms with E-state index in [0.717, 1.165) is 19.3 Å². The Hall–Kier alpha value is -0.720. The second kappa shape index (κ2) is 8.67. The molecule has 3 fully saturated rings. The summed E-state index contributed by atoms with van der Waals surface area (Å²) in [5.41, 5.74) is 1.26. The summed E-state index contributed by atoms with van der Waals surface area (Å²) < 4.78 is 11.6. The molecule has 1 saturated heterocycles. The van der Waals surface area contributed by atoms with Crippen molar-refractivity contribution in [2.45, 2.75) is 103 Å². The van der Waals surface area contributed by atoms with Crippen molar-refractivity contribution in [2.75, 3.05) is 6.61 Å². The number of rotatable bonds is 6. The maximum absolute atomic E-state index is 10.3. The number of aliphatic hydroxyl groups excluding tert-OH is 3. The summed E-state index contributed by atoms with van der Waals surface area (Å²) in [4.78, 5) is 0. The first-order chi connectivity index (χ1) is 13.9. The summed E-state index contributed by atoms with van der Waals surface area (Å²) in [6, 6.07) is 0. The molecule has 5 nitrogen and oxygen atoms in total. The number of hydrogen-bond donors (Lipinski definition) is 3. The smallest absolute Gasteiger partial charge is 0.187 e. The fraction of sp³-hybridized carbons (Fsp3) is 0.840. The van der Waals surface area contributed by atoms with Crippen LogP contribution >= 0.6 is 0 Å². The van der Waals surface area contributed by atoms with Crippen LogP contribution in [0.1, 0.15) is 72.6 Å². The normalized spacial score (nSPS) is 43.5. The van der Waals surface area contributed by atoms with E-state index in [1.54, 1.807) is 6.08 Å². The highest BCUT2D eigenvalue weighted by molar-refractivity contribution is 5.16. The maximum atomic E-state index is 10.3. The van der Waals surface area contributed by atoms with E-state index >= 15 is 0 Å². The highest BCUT2D eigenvalue weighted by Gasteiger charge is 2.53. The van der Waals surface area contributed by atoms with Gasteiger partial charge in [-0.3, -0.25) is 0 Å². The molecule has 3 N–H and O–H groups in total. The van der Waals surface area contributed by atoms with Gasteiger partial charge in [0.15, 0.2) is 6.29 Å². The van der Waals surface area contributed by atoms with Crippen molar-refractivity contribution in [2.24, 2.45) is 22.7 Å². The molecule has 8 atom stereocenters. The molecule has 2 aliphatic carbocycles. The Morgan fingerprint density at radius 3 is 2.57 bits per heavy atom. The van der Waals surface area contributed by atoms with Gasteiger partial charge in [-0.2, -0.15) is 0 Å². The van der Waals surface area contributed by atoms with Crippen molar-refractivity contribution in [1.29, 1.82) is 0 Å². The third-order valence-corrected chi connectivity index (χ3v) is 8.52. The van der Waals surface area contributed by atoms with Crippen LogP contribution in [-0.4, -0.2) is 52.1 Å². The van der Waals surface area contributed by atoms with Gasteiger partial charge in [-0.25, -0.2) is 0 Å². The molecule has 0 spiro atoms. The third kappa shape index (κ3) is 4.42. The molecule has 3 aliphatic rings. The Kier molecular flexibility index (Phi) is 6.91. The number of aliphatic hydroxyl groups is 3. The van der Waals surface area contributed by atoms with E-state index in [9.17, 15) is 15.3 Å². The molecule has 30 heavy (non-hydrogen) atoms. The predicted molar refractivity (Wildman–Crippen MR) is 118 cm³/mol. The lowest BCUT2D eigenvalue weighted by atomic mass is 9.47. The number of hydrogen-bond acceptors (Lipinski definition) is 5. The molecule has 1 heterocycles. The number of ether oxygens (including phenoxy) is 2. The Balaban J connectivity index is 1.71. The molecule has 0 aromatic heterocycles. The average Bonchev–Trinajstić information content (AvgIpc) is 2.67. The first kappa shape index (κ1) is 23.9. The third-order valence-electron chi connectivity index (χ3n) is 8.52. The standard InChI is InChI=1S/C25H42O5/c1-7-24(5,30-22-21(28)20(27)18(26)15-29-22)14-11-17-16(2)9-10-19-23(3,4)12-8-13-25(17,19)6/h7,17-22,26-28H,1-2,8-15H2,3-6H3. The summed E-state index contributed by atoms with van der Waals surface area (Å²) in [6.07, 6.45) is 4.90. The van der Waals surface area contributed by atoms with Crippen LogP contribution in [-0.2, 0) is 9.47 Å². The zero-order valence-corrected chi connectivity index (χ0v) is 19.3. The van der Waals surface area contributed by atoms with Crippen LogP contribution in [0.25, 0.3) is 0 Å². The molecule has 5 heteroatoms. The van der Waals surface area contributed by atoms with Gasteiger partial charge in [-0.05, 0) is 68.1 Å². The minimum absolute atomic E-state index is 0.0651. The monoisotopic (exact) mass is 422 g/mol. The van der Waals surface area contributed by atoms with Crippen molar-refractivity contribution in [3.05, 3.63) is 24.8 Å². The first-order valence-electron chi connectivity index (χ1n) is 11.6. The van der Waals surface area contributed by atoms with Gasteiger partial charge in [0.05, 0.1) is 12.2 Å². The predicted octanol–water partition coefficient (Wildman–Crippen LogP) is 3.97. The van der Waals surface area contributed by atoms with Crippen LogP contribution in [0.3, 0.4) is 0 Å². The quantitative estimate of drug-likeness (QED) is 0.565. The molecule has 0 aromatic rings. The second-order valence-electron chi connectivity index (χ2n) is 11.1. The van der Waals surface area contributed by atoms with E-state index < -0.39 is 30.2 Å². The van der Waals surface area contributed by atoms with Gasteiger partial charge in [0.1, 0.15) is 18.3 Å². The Morgan fingerprint density at radius 1 is 1.20 bits per heavy atom. The van der Waals surface area contributed by atoms with Crippen molar-refractivity contribution in [3.63, 3.8) is 0 Å². The summed E-state index contributed by atoms with van der Waals surface area (Å²) in [7, 11) is 0. The van der Waals surface area contributed by atoms with Gasteiger partial charge in [-0.15, -0.1) is 6.58 Å². The lowest BCUT2D eigenvalue weighted by Gasteiger charge is -2.58. The molecule has 0 bridgehead atoms. The molecule has 0 radical (unpaired) electrons. The van der Waals surface area contributed by atoms with Crippen LogP contribution in [0.2, 0.25) is 0 Å². The molecule has 0 aromatic carbocycles. The highest BCUT2D eigenvalue weighted by atomic mass is 16.7.